The summed E-state index contributed by atoms with van der Waals surface area (Å²) in [6, 6.07) is 6.39. The van der Waals surface area contributed by atoms with Crippen LogP contribution >= 0.6 is 0 Å². The summed E-state index contributed by atoms with van der Waals surface area (Å²) in [5.41, 5.74) is 1.18. The van der Waals surface area contributed by atoms with Gasteiger partial charge in [-0.25, -0.2) is 13.6 Å². The number of aryl methyl sites for hydroxylation is 1. The molecule has 5 nitrogen and oxygen atoms in total. The molecule has 0 saturated carbocycles. The third-order valence-electron chi connectivity index (χ3n) is 3.32. The van der Waals surface area contributed by atoms with Crippen molar-refractivity contribution < 1.29 is 18.7 Å². The molecule has 0 aliphatic rings. The third-order valence-corrected chi connectivity index (χ3v) is 3.32. The number of aliphatic hydroxyl groups is 1. The number of carbonyl (C=O) groups excluding carboxylic acids is 1. The lowest BCUT2D eigenvalue weighted by Gasteiger charge is -2.14. The molecule has 0 aliphatic carbocycles. The van der Waals surface area contributed by atoms with Crippen molar-refractivity contribution in [2.45, 2.75) is 19.6 Å². The lowest BCUT2D eigenvalue weighted by molar-refractivity contribution is 0.164. The van der Waals surface area contributed by atoms with Crippen LogP contribution in [0, 0.1) is 18.6 Å². The van der Waals surface area contributed by atoms with Gasteiger partial charge in [0, 0.05) is 12.7 Å². The van der Waals surface area contributed by atoms with Crippen molar-refractivity contribution in [3.63, 3.8) is 0 Å². The van der Waals surface area contributed by atoms with Crippen molar-refractivity contribution >= 4 is 6.03 Å². The van der Waals surface area contributed by atoms with Gasteiger partial charge in [0.25, 0.3) is 0 Å². The maximum atomic E-state index is 13.5. The van der Waals surface area contributed by atoms with E-state index < -0.39 is 29.3 Å². The van der Waals surface area contributed by atoms with Crippen LogP contribution in [0.4, 0.5) is 13.6 Å². The zero-order valence-electron chi connectivity index (χ0n) is 12.5. The van der Waals surface area contributed by atoms with Gasteiger partial charge in [0.15, 0.2) is 0 Å². The summed E-state index contributed by atoms with van der Waals surface area (Å²) < 4.78 is 27.0. The van der Waals surface area contributed by atoms with E-state index in [9.17, 15) is 18.7 Å². The van der Waals surface area contributed by atoms with E-state index in [4.69, 9.17) is 0 Å². The molecule has 1 aromatic carbocycles. The van der Waals surface area contributed by atoms with Gasteiger partial charge in [0.05, 0.1) is 17.8 Å². The number of nitrogens with zero attached hydrogens (tertiary/aromatic N) is 1. The molecule has 0 spiro atoms. The molecule has 0 saturated heterocycles. The van der Waals surface area contributed by atoms with Crippen LogP contribution in [0.2, 0.25) is 0 Å². The SMILES string of the molecule is Cc1cccnc1CNC(=O)NCC(O)c1c(F)cccc1F. The van der Waals surface area contributed by atoms with Gasteiger partial charge in [-0.1, -0.05) is 12.1 Å². The van der Waals surface area contributed by atoms with Crippen LogP contribution in [0.15, 0.2) is 36.5 Å². The number of carbonyl (C=O) groups is 1. The highest BCUT2D eigenvalue weighted by molar-refractivity contribution is 5.73. The Balaban J connectivity index is 1.86. The van der Waals surface area contributed by atoms with Crippen LogP contribution in [-0.4, -0.2) is 22.7 Å². The van der Waals surface area contributed by atoms with Gasteiger partial charge in [0.1, 0.15) is 17.7 Å². The number of amides is 2. The Kier molecular flexibility index (Phi) is 5.59. The van der Waals surface area contributed by atoms with Crippen molar-refractivity contribution in [3.8, 4) is 0 Å². The van der Waals surface area contributed by atoms with Gasteiger partial charge in [-0.3, -0.25) is 4.98 Å². The zero-order valence-corrected chi connectivity index (χ0v) is 12.5. The second-order valence-electron chi connectivity index (χ2n) is 4.98. The minimum Gasteiger partial charge on any atom is -0.386 e. The molecule has 2 rings (SSSR count). The summed E-state index contributed by atoms with van der Waals surface area (Å²) in [7, 11) is 0. The first-order valence-corrected chi connectivity index (χ1v) is 7.03. The maximum Gasteiger partial charge on any atom is 0.315 e. The van der Waals surface area contributed by atoms with Crippen LogP contribution in [0.25, 0.3) is 0 Å². The number of urea groups is 1. The van der Waals surface area contributed by atoms with E-state index in [1.165, 1.54) is 6.07 Å². The number of pyridine rings is 1. The van der Waals surface area contributed by atoms with Crippen LogP contribution in [-0.2, 0) is 6.54 Å². The smallest absolute Gasteiger partial charge is 0.315 e. The number of halogens is 2. The molecule has 7 heteroatoms. The fourth-order valence-electron chi connectivity index (χ4n) is 2.05. The summed E-state index contributed by atoms with van der Waals surface area (Å²) >= 11 is 0. The molecule has 1 aromatic heterocycles. The predicted molar refractivity (Wildman–Crippen MR) is 80.5 cm³/mol. The van der Waals surface area contributed by atoms with Crippen LogP contribution in [0.3, 0.4) is 0 Å². The molecule has 23 heavy (non-hydrogen) atoms. The Labute approximate surface area is 132 Å². The van der Waals surface area contributed by atoms with Crippen LogP contribution in [0.5, 0.6) is 0 Å². The fourth-order valence-corrected chi connectivity index (χ4v) is 2.05. The predicted octanol–water partition coefficient (Wildman–Crippen LogP) is 2.20. The lowest BCUT2D eigenvalue weighted by atomic mass is 10.1. The molecule has 122 valence electrons. The second-order valence-corrected chi connectivity index (χ2v) is 4.98. The molecule has 0 radical (unpaired) electrons. The number of aliphatic hydroxyl groups excluding tert-OH is 1. The third kappa shape index (κ3) is 4.46. The minimum atomic E-state index is -1.47. The Morgan fingerprint density at radius 3 is 2.57 bits per heavy atom. The monoisotopic (exact) mass is 321 g/mol. The molecule has 1 unspecified atom stereocenters. The van der Waals surface area contributed by atoms with Gasteiger partial charge in [0.2, 0.25) is 0 Å². The first-order valence-electron chi connectivity index (χ1n) is 7.03. The molecular formula is C16H17F2N3O2. The summed E-state index contributed by atoms with van der Waals surface area (Å²) in [6.07, 6.45) is 0.144. The van der Waals surface area contributed by atoms with E-state index in [0.29, 0.717) is 5.69 Å². The van der Waals surface area contributed by atoms with Crippen molar-refractivity contribution in [1.29, 1.82) is 0 Å². The standard InChI is InChI=1S/C16H17F2N3O2/c1-10-4-3-7-19-13(10)8-20-16(23)21-9-14(22)15-11(17)5-2-6-12(15)18/h2-7,14,22H,8-9H2,1H3,(H2,20,21,23). The molecule has 1 heterocycles. The Morgan fingerprint density at radius 1 is 1.22 bits per heavy atom. The first kappa shape index (κ1) is 16.8. The number of benzene rings is 1. The molecule has 0 bridgehead atoms. The fraction of sp³-hybridized carbons (Fsp3) is 0.250. The van der Waals surface area contributed by atoms with Crippen molar-refractivity contribution in [2.75, 3.05) is 6.54 Å². The molecule has 0 fully saturated rings. The summed E-state index contributed by atoms with van der Waals surface area (Å²) in [4.78, 5) is 15.8. The van der Waals surface area contributed by atoms with E-state index in [0.717, 1.165) is 17.7 Å². The summed E-state index contributed by atoms with van der Waals surface area (Å²) in [5.74, 6) is -1.72. The van der Waals surface area contributed by atoms with Gasteiger partial charge in [-0.15, -0.1) is 0 Å². The number of hydrogen-bond acceptors (Lipinski definition) is 3. The van der Waals surface area contributed by atoms with E-state index >= 15 is 0 Å². The molecule has 1 atom stereocenters. The molecular weight excluding hydrogens is 304 g/mol. The van der Waals surface area contributed by atoms with Gasteiger partial charge in [-0.05, 0) is 30.7 Å². The van der Waals surface area contributed by atoms with E-state index in [1.807, 2.05) is 13.0 Å². The van der Waals surface area contributed by atoms with Gasteiger partial charge >= 0.3 is 6.03 Å². The van der Waals surface area contributed by atoms with Crippen LogP contribution < -0.4 is 10.6 Å². The average molecular weight is 321 g/mol. The highest BCUT2D eigenvalue weighted by atomic mass is 19.1. The topological polar surface area (TPSA) is 74.2 Å². The highest BCUT2D eigenvalue weighted by Crippen LogP contribution is 2.19. The van der Waals surface area contributed by atoms with Crippen molar-refractivity contribution in [3.05, 3.63) is 65.0 Å². The Morgan fingerprint density at radius 2 is 1.91 bits per heavy atom. The second kappa shape index (κ2) is 7.64. The largest absolute Gasteiger partial charge is 0.386 e. The Bertz CT molecular complexity index is 675. The van der Waals surface area contributed by atoms with E-state index in [1.54, 1.807) is 12.3 Å². The zero-order chi connectivity index (χ0) is 16.8. The minimum absolute atomic E-state index is 0.211. The van der Waals surface area contributed by atoms with Gasteiger partial charge < -0.3 is 15.7 Å². The van der Waals surface area contributed by atoms with E-state index in [2.05, 4.69) is 15.6 Å². The Hall–Kier alpha value is -2.54. The number of hydrogen-bond donors (Lipinski definition) is 3. The normalized spacial score (nSPS) is 11.8. The summed E-state index contributed by atoms with van der Waals surface area (Å²) in [6.45, 7) is 1.76. The average Bonchev–Trinajstić information content (AvgIpc) is 2.52. The first-order chi connectivity index (χ1) is 11.0. The maximum absolute atomic E-state index is 13.5. The number of rotatable bonds is 5. The molecule has 2 amide bonds. The summed E-state index contributed by atoms with van der Waals surface area (Å²) in [5, 5.41) is 14.8. The highest BCUT2D eigenvalue weighted by Gasteiger charge is 2.18. The molecule has 2 aromatic rings. The number of aromatic nitrogens is 1. The van der Waals surface area contributed by atoms with Gasteiger partial charge in [-0.2, -0.15) is 0 Å². The quantitative estimate of drug-likeness (QED) is 0.790. The van der Waals surface area contributed by atoms with Crippen molar-refractivity contribution in [1.82, 2.24) is 15.6 Å². The molecule has 0 aliphatic heterocycles. The van der Waals surface area contributed by atoms with Crippen LogP contribution in [0.1, 0.15) is 22.9 Å². The van der Waals surface area contributed by atoms with E-state index in [-0.39, 0.29) is 13.1 Å². The van der Waals surface area contributed by atoms with Crippen molar-refractivity contribution in [2.24, 2.45) is 0 Å². The number of nitrogens with one attached hydrogen (secondary N) is 2. The lowest BCUT2D eigenvalue weighted by Crippen LogP contribution is -2.38. The molecule has 3 N–H and O–H groups in total.